The summed E-state index contributed by atoms with van der Waals surface area (Å²) in [7, 11) is 0. The molecule has 6 heteroatoms. The summed E-state index contributed by atoms with van der Waals surface area (Å²) < 4.78 is 26.0. The van der Waals surface area contributed by atoms with Crippen molar-refractivity contribution in [2.45, 2.75) is 13.0 Å². The third-order valence-electron chi connectivity index (χ3n) is 2.79. The predicted octanol–water partition coefficient (Wildman–Crippen LogP) is 3.63. The first kappa shape index (κ1) is 14.9. The van der Waals surface area contributed by atoms with Crippen molar-refractivity contribution in [3.8, 4) is 0 Å². The second kappa shape index (κ2) is 6.32. The number of nitrogens with two attached hydrogens (primary N) is 1. The van der Waals surface area contributed by atoms with E-state index in [0.717, 1.165) is 23.8 Å². The van der Waals surface area contributed by atoms with Gasteiger partial charge in [0, 0.05) is 23.5 Å². The molecule has 0 aliphatic heterocycles. The molecule has 2 amide bonds. The summed E-state index contributed by atoms with van der Waals surface area (Å²) >= 11 is 0. The van der Waals surface area contributed by atoms with Crippen LogP contribution in [0.5, 0.6) is 0 Å². The summed E-state index contributed by atoms with van der Waals surface area (Å²) in [4.78, 5) is 11.8. The van der Waals surface area contributed by atoms with E-state index in [1.807, 2.05) is 13.0 Å². The van der Waals surface area contributed by atoms with Crippen molar-refractivity contribution in [2.75, 3.05) is 10.6 Å². The lowest BCUT2D eigenvalue weighted by molar-refractivity contribution is 0.262. The molecule has 110 valence electrons. The molecule has 1 atom stereocenters. The average Bonchev–Trinajstić information content (AvgIpc) is 2.37. The number of hydrogen-bond acceptors (Lipinski definition) is 2. The van der Waals surface area contributed by atoms with Gasteiger partial charge in [-0.25, -0.2) is 13.6 Å². The van der Waals surface area contributed by atoms with Crippen LogP contribution < -0.4 is 16.4 Å². The van der Waals surface area contributed by atoms with Crippen molar-refractivity contribution in [1.82, 2.24) is 0 Å². The number of anilines is 2. The number of nitrogens with one attached hydrogen (secondary N) is 2. The Morgan fingerprint density at radius 1 is 1.05 bits per heavy atom. The molecule has 4 N–H and O–H groups in total. The Bertz CT molecular complexity index is 639. The van der Waals surface area contributed by atoms with Crippen molar-refractivity contribution < 1.29 is 13.6 Å². The van der Waals surface area contributed by atoms with Crippen LogP contribution in [0.25, 0.3) is 0 Å². The van der Waals surface area contributed by atoms with Gasteiger partial charge in [0.1, 0.15) is 11.6 Å². The smallest absolute Gasteiger partial charge is 0.323 e. The minimum atomic E-state index is -0.760. The number of carbonyl (C=O) groups is 1. The van der Waals surface area contributed by atoms with Gasteiger partial charge in [0.05, 0.1) is 0 Å². The molecule has 2 aromatic rings. The third-order valence-corrected chi connectivity index (χ3v) is 2.79. The molecule has 0 bridgehead atoms. The Balaban J connectivity index is 2.06. The molecule has 2 rings (SSSR count). The topological polar surface area (TPSA) is 67.1 Å². The Morgan fingerprint density at radius 3 is 2.29 bits per heavy atom. The number of benzene rings is 2. The molecule has 21 heavy (non-hydrogen) atoms. The highest BCUT2D eigenvalue weighted by Gasteiger charge is 2.07. The zero-order valence-electron chi connectivity index (χ0n) is 11.4. The summed E-state index contributed by atoms with van der Waals surface area (Å²) in [6, 6.07) is 9.06. The van der Waals surface area contributed by atoms with Crippen molar-refractivity contribution in [2.24, 2.45) is 5.73 Å². The van der Waals surface area contributed by atoms with E-state index in [0.29, 0.717) is 5.69 Å². The lowest BCUT2D eigenvalue weighted by Gasteiger charge is -2.10. The zero-order valence-corrected chi connectivity index (χ0v) is 11.4. The number of hydrogen-bond donors (Lipinski definition) is 3. The maximum absolute atomic E-state index is 13.0. The van der Waals surface area contributed by atoms with E-state index < -0.39 is 17.7 Å². The Labute approximate surface area is 121 Å². The Kier molecular flexibility index (Phi) is 4.49. The quantitative estimate of drug-likeness (QED) is 0.808. The second-order valence-electron chi connectivity index (χ2n) is 4.65. The van der Waals surface area contributed by atoms with Crippen molar-refractivity contribution >= 4 is 17.4 Å². The van der Waals surface area contributed by atoms with Crippen LogP contribution in [0.3, 0.4) is 0 Å². The van der Waals surface area contributed by atoms with E-state index in [1.165, 1.54) is 0 Å². The van der Waals surface area contributed by atoms with Gasteiger partial charge in [0.2, 0.25) is 0 Å². The van der Waals surface area contributed by atoms with Crippen LogP contribution in [0.2, 0.25) is 0 Å². The molecule has 4 nitrogen and oxygen atoms in total. The van der Waals surface area contributed by atoms with E-state index in [4.69, 9.17) is 5.73 Å². The minimum Gasteiger partial charge on any atom is -0.324 e. The Hall–Kier alpha value is -2.47. The number of urea groups is 1. The van der Waals surface area contributed by atoms with Gasteiger partial charge >= 0.3 is 6.03 Å². The first-order valence-corrected chi connectivity index (χ1v) is 6.33. The highest BCUT2D eigenvalue weighted by Crippen LogP contribution is 2.17. The van der Waals surface area contributed by atoms with Crippen LogP contribution >= 0.6 is 0 Å². The molecular weight excluding hydrogens is 276 g/mol. The van der Waals surface area contributed by atoms with E-state index in [1.54, 1.807) is 18.2 Å². The fraction of sp³-hybridized carbons (Fsp3) is 0.133. The molecule has 0 aromatic heterocycles. The van der Waals surface area contributed by atoms with Gasteiger partial charge in [-0.05, 0) is 36.8 Å². The summed E-state index contributed by atoms with van der Waals surface area (Å²) in [6.45, 7) is 1.83. The maximum atomic E-state index is 13.0. The van der Waals surface area contributed by atoms with Crippen molar-refractivity contribution in [3.63, 3.8) is 0 Å². The lowest BCUT2D eigenvalue weighted by atomic mass is 10.1. The summed E-state index contributed by atoms with van der Waals surface area (Å²) in [5.41, 5.74) is 7.20. The zero-order chi connectivity index (χ0) is 15.4. The number of halogens is 2. The van der Waals surface area contributed by atoms with Gasteiger partial charge in [-0.1, -0.05) is 12.1 Å². The molecule has 0 radical (unpaired) electrons. The summed E-state index contributed by atoms with van der Waals surface area (Å²) in [5.74, 6) is -1.52. The van der Waals surface area contributed by atoms with Crippen molar-refractivity contribution in [1.29, 1.82) is 0 Å². The minimum absolute atomic E-state index is 0.0355. The maximum Gasteiger partial charge on any atom is 0.323 e. The fourth-order valence-corrected chi connectivity index (χ4v) is 1.82. The second-order valence-corrected chi connectivity index (χ2v) is 4.65. The Morgan fingerprint density at radius 2 is 1.67 bits per heavy atom. The highest BCUT2D eigenvalue weighted by atomic mass is 19.1. The van der Waals surface area contributed by atoms with E-state index >= 15 is 0 Å². The summed E-state index contributed by atoms with van der Waals surface area (Å²) in [6.07, 6.45) is 0. The van der Waals surface area contributed by atoms with Crippen LogP contribution in [-0.2, 0) is 0 Å². The van der Waals surface area contributed by atoms with Gasteiger partial charge in [-0.2, -0.15) is 0 Å². The predicted molar refractivity (Wildman–Crippen MR) is 78.0 cm³/mol. The normalized spacial score (nSPS) is 11.8. The SMILES string of the molecule is CC(N)c1cccc(NC(=O)Nc2cc(F)cc(F)c2)c1. The van der Waals surface area contributed by atoms with Crippen LogP contribution in [0.15, 0.2) is 42.5 Å². The van der Waals surface area contributed by atoms with Crippen LogP contribution in [0.4, 0.5) is 25.0 Å². The molecule has 2 aromatic carbocycles. The van der Waals surface area contributed by atoms with Crippen LogP contribution in [0.1, 0.15) is 18.5 Å². The molecule has 0 heterocycles. The van der Waals surface area contributed by atoms with E-state index in [9.17, 15) is 13.6 Å². The standard InChI is InChI=1S/C15H15F2N3O/c1-9(18)10-3-2-4-13(5-10)19-15(21)20-14-7-11(16)6-12(17)8-14/h2-9H,18H2,1H3,(H2,19,20,21). The van der Waals surface area contributed by atoms with Gasteiger partial charge in [0.25, 0.3) is 0 Å². The summed E-state index contributed by atoms with van der Waals surface area (Å²) in [5, 5.41) is 4.93. The molecular formula is C15H15F2N3O. The molecule has 0 saturated heterocycles. The van der Waals surface area contributed by atoms with Crippen LogP contribution in [-0.4, -0.2) is 6.03 Å². The number of amides is 2. The highest BCUT2D eigenvalue weighted by molar-refractivity contribution is 5.99. The average molecular weight is 291 g/mol. The molecule has 0 aliphatic carbocycles. The first-order chi connectivity index (χ1) is 9.94. The van der Waals surface area contributed by atoms with Crippen LogP contribution in [0, 0.1) is 11.6 Å². The van der Waals surface area contributed by atoms with Gasteiger partial charge in [-0.15, -0.1) is 0 Å². The molecule has 0 aliphatic rings. The third kappa shape index (κ3) is 4.25. The number of carbonyl (C=O) groups excluding carboxylic acids is 1. The molecule has 1 unspecified atom stereocenters. The molecule has 0 saturated carbocycles. The van der Waals surface area contributed by atoms with Gasteiger partial charge < -0.3 is 16.4 Å². The fourth-order valence-electron chi connectivity index (χ4n) is 1.82. The molecule has 0 spiro atoms. The first-order valence-electron chi connectivity index (χ1n) is 6.33. The van der Waals surface area contributed by atoms with Crippen molar-refractivity contribution in [3.05, 3.63) is 59.7 Å². The van der Waals surface area contributed by atoms with E-state index in [2.05, 4.69) is 10.6 Å². The lowest BCUT2D eigenvalue weighted by Crippen LogP contribution is -2.20. The van der Waals surface area contributed by atoms with Gasteiger partial charge in [0.15, 0.2) is 0 Å². The number of rotatable bonds is 3. The van der Waals surface area contributed by atoms with E-state index in [-0.39, 0.29) is 11.7 Å². The monoisotopic (exact) mass is 291 g/mol. The van der Waals surface area contributed by atoms with Gasteiger partial charge in [-0.3, -0.25) is 0 Å². The largest absolute Gasteiger partial charge is 0.324 e. The molecule has 0 fully saturated rings.